The SMILES string of the molecule is CC(C)N1[C@@H]2CCC[C@H]1C[C@@H](O)C2. The number of nitrogens with zero attached hydrogens (tertiary/aromatic N) is 1. The first-order valence-electron chi connectivity index (χ1n) is 5.64. The molecule has 2 heteroatoms. The molecule has 0 unspecified atom stereocenters. The van der Waals surface area contributed by atoms with Gasteiger partial charge in [0.15, 0.2) is 0 Å². The van der Waals surface area contributed by atoms with Crippen LogP contribution in [-0.4, -0.2) is 34.2 Å². The minimum absolute atomic E-state index is 0.0229. The minimum Gasteiger partial charge on any atom is -0.393 e. The highest BCUT2D eigenvalue weighted by atomic mass is 16.3. The molecule has 0 aromatic carbocycles. The van der Waals surface area contributed by atoms with E-state index in [1.165, 1.54) is 19.3 Å². The van der Waals surface area contributed by atoms with Crippen LogP contribution < -0.4 is 0 Å². The summed E-state index contributed by atoms with van der Waals surface area (Å²) in [7, 11) is 0. The maximum absolute atomic E-state index is 9.69. The first kappa shape index (κ1) is 9.47. The van der Waals surface area contributed by atoms with E-state index in [-0.39, 0.29) is 6.10 Å². The van der Waals surface area contributed by atoms with E-state index < -0.39 is 0 Å². The van der Waals surface area contributed by atoms with Crippen LogP contribution in [0.25, 0.3) is 0 Å². The zero-order chi connectivity index (χ0) is 9.42. The van der Waals surface area contributed by atoms with Gasteiger partial charge in [0, 0.05) is 18.1 Å². The van der Waals surface area contributed by atoms with E-state index >= 15 is 0 Å². The molecule has 3 atom stereocenters. The van der Waals surface area contributed by atoms with Gasteiger partial charge in [-0.25, -0.2) is 0 Å². The molecule has 2 aliphatic rings. The summed E-state index contributed by atoms with van der Waals surface area (Å²) >= 11 is 0. The quantitative estimate of drug-likeness (QED) is 0.669. The summed E-state index contributed by atoms with van der Waals surface area (Å²) in [6.07, 6.45) is 5.96. The minimum atomic E-state index is -0.0229. The average Bonchev–Trinajstić information content (AvgIpc) is 2.01. The standard InChI is InChI=1S/C11H21NO/c1-8(2)12-9-4-3-5-10(12)7-11(13)6-9/h8-11,13H,3-7H2,1-2H3/t9-,10+,11+. The fourth-order valence-corrected chi connectivity index (χ4v) is 3.23. The van der Waals surface area contributed by atoms with E-state index in [1.807, 2.05) is 0 Å². The molecule has 1 N–H and O–H groups in total. The second-order valence-electron chi connectivity index (χ2n) is 4.90. The molecule has 0 aliphatic carbocycles. The fraction of sp³-hybridized carbons (Fsp3) is 1.00. The van der Waals surface area contributed by atoms with Crippen LogP contribution >= 0.6 is 0 Å². The van der Waals surface area contributed by atoms with E-state index in [0.29, 0.717) is 18.1 Å². The average molecular weight is 183 g/mol. The summed E-state index contributed by atoms with van der Waals surface area (Å²) in [5.74, 6) is 0. The smallest absolute Gasteiger partial charge is 0.0570 e. The zero-order valence-electron chi connectivity index (χ0n) is 8.74. The van der Waals surface area contributed by atoms with Crippen molar-refractivity contribution in [2.24, 2.45) is 0 Å². The van der Waals surface area contributed by atoms with Crippen LogP contribution in [0.1, 0.15) is 46.0 Å². The van der Waals surface area contributed by atoms with E-state index in [9.17, 15) is 5.11 Å². The number of piperidine rings is 2. The van der Waals surface area contributed by atoms with Gasteiger partial charge in [0.2, 0.25) is 0 Å². The van der Waals surface area contributed by atoms with Crippen LogP contribution in [0.3, 0.4) is 0 Å². The number of aliphatic hydroxyl groups is 1. The van der Waals surface area contributed by atoms with Crippen LogP contribution in [0.5, 0.6) is 0 Å². The van der Waals surface area contributed by atoms with Crippen molar-refractivity contribution in [3.05, 3.63) is 0 Å². The van der Waals surface area contributed by atoms with E-state index in [2.05, 4.69) is 18.7 Å². The van der Waals surface area contributed by atoms with Gasteiger partial charge in [0.05, 0.1) is 6.10 Å². The Morgan fingerprint density at radius 3 is 2.15 bits per heavy atom. The summed E-state index contributed by atoms with van der Waals surface area (Å²) in [4.78, 5) is 2.64. The topological polar surface area (TPSA) is 23.5 Å². The monoisotopic (exact) mass is 183 g/mol. The highest BCUT2D eigenvalue weighted by Gasteiger charge is 2.38. The van der Waals surface area contributed by atoms with Gasteiger partial charge in [0.1, 0.15) is 0 Å². The fourth-order valence-electron chi connectivity index (χ4n) is 3.23. The van der Waals surface area contributed by atoms with Gasteiger partial charge in [-0.15, -0.1) is 0 Å². The summed E-state index contributed by atoms with van der Waals surface area (Å²) in [5.41, 5.74) is 0. The summed E-state index contributed by atoms with van der Waals surface area (Å²) < 4.78 is 0. The molecule has 0 aromatic heterocycles. The predicted molar refractivity (Wildman–Crippen MR) is 53.6 cm³/mol. The van der Waals surface area contributed by atoms with Gasteiger partial charge in [0.25, 0.3) is 0 Å². The van der Waals surface area contributed by atoms with Crippen molar-refractivity contribution < 1.29 is 5.11 Å². The van der Waals surface area contributed by atoms with Crippen molar-refractivity contribution in [3.63, 3.8) is 0 Å². The lowest BCUT2D eigenvalue weighted by Gasteiger charge is -2.50. The molecule has 0 radical (unpaired) electrons. The zero-order valence-corrected chi connectivity index (χ0v) is 8.74. The summed E-state index contributed by atoms with van der Waals surface area (Å²) in [6, 6.07) is 1.99. The Labute approximate surface area is 80.9 Å². The lowest BCUT2D eigenvalue weighted by atomic mass is 9.82. The van der Waals surface area contributed by atoms with Gasteiger partial charge in [-0.3, -0.25) is 4.90 Å². The molecule has 2 bridgehead atoms. The highest BCUT2D eigenvalue weighted by Crippen LogP contribution is 2.35. The largest absolute Gasteiger partial charge is 0.393 e. The Balaban J connectivity index is 2.10. The third-order valence-electron chi connectivity index (χ3n) is 3.60. The molecular formula is C11H21NO. The van der Waals surface area contributed by atoms with Crippen molar-refractivity contribution in [1.82, 2.24) is 4.90 Å². The van der Waals surface area contributed by atoms with E-state index in [1.54, 1.807) is 0 Å². The molecule has 2 nitrogen and oxygen atoms in total. The molecule has 0 spiro atoms. The summed E-state index contributed by atoms with van der Waals surface area (Å²) in [6.45, 7) is 4.56. The normalized spacial score (nSPS) is 41.1. The van der Waals surface area contributed by atoms with Crippen molar-refractivity contribution in [2.45, 2.75) is 70.2 Å². The molecule has 0 amide bonds. The number of fused-ring (bicyclic) bond motifs is 2. The number of rotatable bonds is 1. The van der Waals surface area contributed by atoms with Crippen LogP contribution in [0.15, 0.2) is 0 Å². The molecule has 0 aromatic rings. The van der Waals surface area contributed by atoms with Crippen molar-refractivity contribution in [1.29, 1.82) is 0 Å². The van der Waals surface area contributed by atoms with E-state index in [0.717, 1.165) is 12.8 Å². The Bertz CT molecular complexity index is 167. The molecule has 2 saturated heterocycles. The Morgan fingerprint density at radius 2 is 1.69 bits per heavy atom. The Morgan fingerprint density at radius 1 is 1.15 bits per heavy atom. The molecule has 76 valence electrons. The third-order valence-corrected chi connectivity index (χ3v) is 3.60. The predicted octanol–water partition coefficient (Wildman–Crippen LogP) is 1.77. The second-order valence-corrected chi connectivity index (χ2v) is 4.90. The van der Waals surface area contributed by atoms with Crippen molar-refractivity contribution in [2.75, 3.05) is 0 Å². The molecule has 2 aliphatic heterocycles. The molecule has 2 rings (SSSR count). The van der Waals surface area contributed by atoms with Crippen molar-refractivity contribution in [3.8, 4) is 0 Å². The number of aliphatic hydroxyl groups excluding tert-OH is 1. The summed E-state index contributed by atoms with van der Waals surface area (Å²) in [5, 5.41) is 9.69. The Hall–Kier alpha value is -0.0800. The maximum atomic E-state index is 9.69. The first-order chi connectivity index (χ1) is 6.18. The highest BCUT2D eigenvalue weighted by molar-refractivity contribution is 4.93. The van der Waals surface area contributed by atoms with E-state index in [4.69, 9.17) is 0 Å². The van der Waals surface area contributed by atoms with Crippen LogP contribution in [0.4, 0.5) is 0 Å². The Kier molecular flexibility index (Phi) is 2.61. The van der Waals surface area contributed by atoms with Gasteiger partial charge in [-0.05, 0) is 39.5 Å². The van der Waals surface area contributed by atoms with Crippen LogP contribution in [0, 0.1) is 0 Å². The van der Waals surface area contributed by atoms with Crippen molar-refractivity contribution >= 4 is 0 Å². The van der Waals surface area contributed by atoms with Gasteiger partial charge < -0.3 is 5.11 Å². The number of hydrogen-bond acceptors (Lipinski definition) is 2. The van der Waals surface area contributed by atoms with Crippen LogP contribution in [-0.2, 0) is 0 Å². The number of hydrogen-bond donors (Lipinski definition) is 1. The molecule has 0 saturated carbocycles. The molecule has 2 fully saturated rings. The molecular weight excluding hydrogens is 162 g/mol. The lowest BCUT2D eigenvalue weighted by Crippen LogP contribution is -2.56. The molecule has 2 heterocycles. The van der Waals surface area contributed by atoms with Gasteiger partial charge in [-0.2, -0.15) is 0 Å². The first-order valence-corrected chi connectivity index (χ1v) is 5.64. The van der Waals surface area contributed by atoms with Gasteiger partial charge >= 0.3 is 0 Å². The second kappa shape index (κ2) is 3.58. The molecule has 13 heavy (non-hydrogen) atoms. The van der Waals surface area contributed by atoms with Crippen LogP contribution in [0.2, 0.25) is 0 Å². The maximum Gasteiger partial charge on any atom is 0.0570 e. The lowest BCUT2D eigenvalue weighted by molar-refractivity contribution is -0.0429. The third kappa shape index (κ3) is 1.75. The van der Waals surface area contributed by atoms with Gasteiger partial charge in [-0.1, -0.05) is 6.42 Å².